The molecule has 0 spiro atoms. The average molecular weight is 347 g/mol. The molecule has 4 nitrogen and oxygen atoms in total. The molecule has 1 aromatic heterocycles. The Morgan fingerprint density at radius 3 is 3.08 bits per heavy atom. The first-order valence-electron chi connectivity index (χ1n) is 8.25. The maximum atomic E-state index is 13.6. The van der Waals surface area contributed by atoms with Gasteiger partial charge in [0.2, 0.25) is 0 Å². The summed E-state index contributed by atoms with van der Waals surface area (Å²) in [7, 11) is 0. The standard InChI is InChI=1S/C18H22FN3OS/c1-12-4-3-7-22(9-12)10-15-11-24-18(20-15)21-17(23)14-6-5-13(2)16(19)8-14/h5-6,8,11-12H,3-4,7,9-10H2,1-2H3,(H,20,21,23)/t12-/m0/s1. The molecule has 24 heavy (non-hydrogen) atoms. The van der Waals surface area contributed by atoms with Crippen LogP contribution in [0.15, 0.2) is 23.6 Å². The minimum atomic E-state index is -0.373. The molecule has 128 valence electrons. The van der Waals surface area contributed by atoms with E-state index in [9.17, 15) is 9.18 Å². The second-order valence-electron chi connectivity index (χ2n) is 6.54. The number of nitrogens with zero attached hydrogens (tertiary/aromatic N) is 2. The van der Waals surface area contributed by atoms with Gasteiger partial charge in [-0.25, -0.2) is 9.37 Å². The number of rotatable bonds is 4. The molecule has 1 aliphatic heterocycles. The van der Waals surface area contributed by atoms with E-state index >= 15 is 0 Å². The minimum absolute atomic E-state index is 0.305. The highest BCUT2D eigenvalue weighted by Gasteiger charge is 2.18. The van der Waals surface area contributed by atoms with Gasteiger partial charge in [-0.05, 0) is 49.9 Å². The molecule has 0 aliphatic carbocycles. The van der Waals surface area contributed by atoms with Gasteiger partial charge in [-0.2, -0.15) is 0 Å². The van der Waals surface area contributed by atoms with Crippen molar-refractivity contribution in [3.8, 4) is 0 Å². The zero-order valence-corrected chi connectivity index (χ0v) is 14.8. The van der Waals surface area contributed by atoms with Crippen LogP contribution in [0, 0.1) is 18.7 Å². The third-order valence-corrected chi connectivity index (χ3v) is 5.14. The van der Waals surface area contributed by atoms with Crippen molar-refractivity contribution in [3.05, 3.63) is 46.2 Å². The number of benzene rings is 1. The number of carbonyl (C=O) groups excluding carboxylic acids is 1. The Hall–Kier alpha value is -1.79. The van der Waals surface area contributed by atoms with Gasteiger partial charge in [-0.3, -0.25) is 15.0 Å². The molecule has 0 unspecified atom stereocenters. The number of carbonyl (C=O) groups is 1. The number of hydrogen-bond donors (Lipinski definition) is 1. The number of piperidine rings is 1. The van der Waals surface area contributed by atoms with Crippen LogP contribution >= 0.6 is 11.3 Å². The van der Waals surface area contributed by atoms with E-state index in [1.807, 2.05) is 5.38 Å². The Bertz CT molecular complexity index is 731. The van der Waals surface area contributed by atoms with Crippen LogP contribution in [-0.2, 0) is 6.54 Å². The van der Waals surface area contributed by atoms with Gasteiger partial charge in [-0.15, -0.1) is 11.3 Å². The van der Waals surface area contributed by atoms with Gasteiger partial charge in [0.25, 0.3) is 5.91 Å². The number of amides is 1. The van der Waals surface area contributed by atoms with Crippen molar-refractivity contribution in [1.29, 1.82) is 0 Å². The van der Waals surface area contributed by atoms with Crippen LogP contribution in [-0.4, -0.2) is 28.9 Å². The van der Waals surface area contributed by atoms with Gasteiger partial charge in [0.15, 0.2) is 5.13 Å². The first-order chi connectivity index (χ1) is 11.5. The van der Waals surface area contributed by atoms with E-state index in [-0.39, 0.29) is 11.7 Å². The lowest BCUT2D eigenvalue weighted by Gasteiger charge is -2.30. The summed E-state index contributed by atoms with van der Waals surface area (Å²) in [6, 6.07) is 4.49. The summed E-state index contributed by atoms with van der Waals surface area (Å²) in [6.45, 7) is 6.97. The summed E-state index contributed by atoms with van der Waals surface area (Å²) in [4.78, 5) is 19.1. The predicted octanol–water partition coefficient (Wildman–Crippen LogP) is 4.07. The van der Waals surface area contributed by atoms with Crippen LogP contribution in [0.25, 0.3) is 0 Å². The topological polar surface area (TPSA) is 45.2 Å². The van der Waals surface area contributed by atoms with Crippen molar-refractivity contribution in [1.82, 2.24) is 9.88 Å². The highest BCUT2D eigenvalue weighted by atomic mass is 32.1. The highest BCUT2D eigenvalue weighted by Crippen LogP contribution is 2.21. The average Bonchev–Trinajstić information content (AvgIpc) is 2.97. The summed E-state index contributed by atoms with van der Waals surface area (Å²) in [5.74, 6) is 0.0242. The summed E-state index contributed by atoms with van der Waals surface area (Å²) >= 11 is 1.41. The molecule has 3 rings (SSSR count). The normalized spacial score (nSPS) is 18.5. The highest BCUT2D eigenvalue weighted by molar-refractivity contribution is 7.13. The van der Waals surface area contributed by atoms with Crippen molar-refractivity contribution < 1.29 is 9.18 Å². The second-order valence-corrected chi connectivity index (χ2v) is 7.40. The monoisotopic (exact) mass is 347 g/mol. The predicted molar refractivity (Wildman–Crippen MR) is 94.9 cm³/mol. The van der Waals surface area contributed by atoms with E-state index in [0.717, 1.165) is 31.2 Å². The molecule has 1 fully saturated rings. The fourth-order valence-electron chi connectivity index (χ4n) is 3.00. The van der Waals surface area contributed by atoms with Crippen LogP contribution < -0.4 is 5.32 Å². The van der Waals surface area contributed by atoms with Gasteiger partial charge in [0.1, 0.15) is 5.82 Å². The molecule has 2 aromatic rings. The van der Waals surface area contributed by atoms with Gasteiger partial charge < -0.3 is 0 Å². The summed E-state index contributed by atoms with van der Waals surface area (Å²) < 4.78 is 13.6. The number of likely N-dealkylation sites (tertiary alicyclic amines) is 1. The van der Waals surface area contributed by atoms with Gasteiger partial charge in [0, 0.05) is 24.0 Å². The Morgan fingerprint density at radius 2 is 2.33 bits per heavy atom. The largest absolute Gasteiger partial charge is 0.298 e. The quantitative estimate of drug-likeness (QED) is 0.906. The van der Waals surface area contributed by atoms with Crippen molar-refractivity contribution in [3.63, 3.8) is 0 Å². The zero-order chi connectivity index (χ0) is 17.1. The Kier molecular flexibility index (Phi) is 5.26. The number of nitrogens with one attached hydrogen (secondary N) is 1. The maximum absolute atomic E-state index is 13.6. The number of hydrogen-bond acceptors (Lipinski definition) is 4. The van der Waals surface area contributed by atoms with Crippen LogP contribution in [0.4, 0.5) is 9.52 Å². The minimum Gasteiger partial charge on any atom is -0.298 e. The van der Waals surface area contributed by atoms with Gasteiger partial charge >= 0.3 is 0 Å². The van der Waals surface area contributed by atoms with E-state index in [2.05, 4.69) is 22.1 Å². The first-order valence-corrected chi connectivity index (χ1v) is 9.13. The van der Waals surface area contributed by atoms with Crippen molar-refractivity contribution in [2.45, 2.75) is 33.2 Å². The molecule has 2 heterocycles. The third kappa shape index (κ3) is 4.19. The fraction of sp³-hybridized carbons (Fsp3) is 0.444. The molecule has 6 heteroatoms. The van der Waals surface area contributed by atoms with E-state index in [1.165, 1.54) is 30.2 Å². The molecule has 1 atom stereocenters. The summed E-state index contributed by atoms with van der Waals surface area (Å²) in [5.41, 5.74) is 1.80. The van der Waals surface area contributed by atoms with Crippen LogP contribution in [0.5, 0.6) is 0 Å². The lowest BCUT2D eigenvalue weighted by Crippen LogP contribution is -2.33. The smallest absolute Gasteiger partial charge is 0.257 e. The van der Waals surface area contributed by atoms with Gasteiger partial charge in [-0.1, -0.05) is 13.0 Å². The maximum Gasteiger partial charge on any atom is 0.257 e. The molecular formula is C18H22FN3OS. The zero-order valence-electron chi connectivity index (χ0n) is 14.0. The molecule has 1 aromatic carbocycles. The first kappa shape index (κ1) is 17.0. The molecule has 1 aliphatic rings. The van der Waals surface area contributed by atoms with E-state index in [1.54, 1.807) is 19.1 Å². The molecule has 0 radical (unpaired) electrons. The summed E-state index contributed by atoms with van der Waals surface area (Å²) in [6.07, 6.45) is 2.52. The van der Waals surface area contributed by atoms with Crippen LogP contribution in [0.1, 0.15) is 41.4 Å². The molecule has 0 bridgehead atoms. The molecule has 1 N–H and O–H groups in total. The number of halogens is 1. The molecular weight excluding hydrogens is 325 g/mol. The molecule has 1 saturated heterocycles. The third-order valence-electron chi connectivity index (χ3n) is 4.33. The van der Waals surface area contributed by atoms with Crippen LogP contribution in [0.2, 0.25) is 0 Å². The second kappa shape index (κ2) is 7.40. The lowest BCUT2D eigenvalue weighted by atomic mass is 10.0. The Balaban J connectivity index is 1.61. The Morgan fingerprint density at radius 1 is 1.50 bits per heavy atom. The number of aryl methyl sites for hydroxylation is 1. The van der Waals surface area contributed by atoms with Crippen molar-refractivity contribution in [2.75, 3.05) is 18.4 Å². The molecule has 1 amide bonds. The summed E-state index contributed by atoms with van der Waals surface area (Å²) in [5, 5.41) is 5.29. The number of anilines is 1. The van der Waals surface area contributed by atoms with Crippen LogP contribution in [0.3, 0.4) is 0 Å². The van der Waals surface area contributed by atoms with E-state index in [4.69, 9.17) is 0 Å². The number of aromatic nitrogens is 1. The number of thiazole rings is 1. The van der Waals surface area contributed by atoms with Crippen molar-refractivity contribution in [2.24, 2.45) is 5.92 Å². The van der Waals surface area contributed by atoms with Crippen molar-refractivity contribution >= 4 is 22.4 Å². The van der Waals surface area contributed by atoms with E-state index in [0.29, 0.717) is 16.3 Å². The fourth-order valence-corrected chi connectivity index (χ4v) is 3.70. The molecule has 0 saturated carbocycles. The lowest BCUT2D eigenvalue weighted by molar-refractivity contribution is 0.102. The van der Waals surface area contributed by atoms with E-state index < -0.39 is 0 Å². The van der Waals surface area contributed by atoms with Gasteiger partial charge in [0.05, 0.1) is 5.69 Å². The Labute approximate surface area is 145 Å². The SMILES string of the molecule is Cc1ccc(C(=O)Nc2nc(CN3CCC[C@H](C)C3)cs2)cc1F.